The molecule has 0 aliphatic heterocycles. The van der Waals surface area contributed by atoms with Gasteiger partial charge in [-0.05, 0) is 0 Å². The maximum atomic E-state index is 9.64. The predicted octanol–water partition coefficient (Wildman–Crippen LogP) is 3.77. The van der Waals surface area contributed by atoms with Crippen LogP contribution in [0.5, 0.6) is 11.5 Å². The summed E-state index contributed by atoms with van der Waals surface area (Å²) in [6.07, 6.45) is 1.55. The average molecular weight is 398 g/mol. The fraction of sp³-hybridized carbons (Fsp3) is 0.333. The van der Waals surface area contributed by atoms with Gasteiger partial charge in [0, 0.05) is 0 Å². The second-order valence-corrected chi connectivity index (χ2v) is 6.79. The van der Waals surface area contributed by atoms with Crippen molar-refractivity contribution >= 4 is 22.4 Å². The molecule has 1 aliphatic rings. The molecular weight excluding hydrogens is 375 g/mol. The van der Waals surface area contributed by atoms with Crippen LogP contribution in [0.2, 0.25) is 5.21 Å². The first-order chi connectivity index (χ1) is 12.2. The van der Waals surface area contributed by atoms with Crippen LogP contribution in [0.25, 0.3) is 5.57 Å². The van der Waals surface area contributed by atoms with Crippen LogP contribution >= 0.6 is 0 Å². The second-order valence-electron chi connectivity index (χ2n) is 6.13. The third-order valence-corrected chi connectivity index (χ3v) is 5.59. The van der Waals surface area contributed by atoms with Crippen molar-refractivity contribution in [1.29, 1.82) is 0 Å². The fourth-order valence-electron chi connectivity index (χ4n) is 3.82. The summed E-state index contributed by atoms with van der Waals surface area (Å²) in [5.74, 6) is 1.84. The van der Waals surface area contributed by atoms with Gasteiger partial charge in [0.1, 0.15) is 0 Å². The van der Waals surface area contributed by atoms with Crippen molar-refractivity contribution in [3.05, 3.63) is 64.7 Å². The number of aliphatic hydroxyl groups excluding tert-OH is 1. The third-order valence-electron chi connectivity index (χ3n) is 4.93. The SMILES string of the molecule is COc1ccc2c(c1OC)CC(c1ccccc1)C(CCO)=C2C[As]. The number of benzene rings is 2. The molecule has 1 aliphatic carbocycles. The Morgan fingerprint density at radius 3 is 2.44 bits per heavy atom. The molecule has 0 heterocycles. The van der Waals surface area contributed by atoms with E-state index in [0.717, 1.165) is 23.1 Å². The molecule has 0 aromatic heterocycles. The van der Waals surface area contributed by atoms with Crippen LogP contribution in [-0.2, 0) is 6.42 Å². The summed E-state index contributed by atoms with van der Waals surface area (Å²) in [6, 6.07) is 14.6. The van der Waals surface area contributed by atoms with Crippen molar-refractivity contribution < 1.29 is 14.6 Å². The van der Waals surface area contributed by atoms with E-state index in [-0.39, 0.29) is 12.5 Å². The first-order valence-electron chi connectivity index (χ1n) is 8.47. The number of hydrogen-bond acceptors (Lipinski definition) is 3. The number of rotatable bonds is 6. The number of hydrogen-bond donors (Lipinski definition) is 1. The van der Waals surface area contributed by atoms with Crippen LogP contribution in [0.15, 0.2) is 48.0 Å². The molecule has 0 bridgehead atoms. The zero-order chi connectivity index (χ0) is 17.8. The molecule has 0 spiro atoms. The molecule has 4 heteroatoms. The quantitative estimate of drug-likeness (QED) is 0.753. The van der Waals surface area contributed by atoms with E-state index < -0.39 is 0 Å². The van der Waals surface area contributed by atoms with Gasteiger partial charge in [0.05, 0.1) is 0 Å². The fourth-order valence-corrected chi connectivity index (χ4v) is 4.61. The van der Waals surface area contributed by atoms with Gasteiger partial charge in [-0.3, -0.25) is 0 Å². The average Bonchev–Trinajstić information content (AvgIpc) is 2.67. The van der Waals surface area contributed by atoms with Gasteiger partial charge in [-0.15, -0.1) is 0 Å². The van der Waals surface area contributed by atoms with Crippen LogP contribution in [0.1, 0.15) is 29.0 Å². The summed E-state index contributed by atoms with van der Waals surface area (Å²) in [6.45, 7) is 0.164. The Kier molecular flexibility index (Phi) is 5.88. The van der Waals surface area contributed by atoms with E-state index in [4.69, 9.17) is 9.47 Å². The molecule has 0 amide bonds. The zero-order valence-electron chi connectivity index (χ0n) is 14.7. The van der Waals surface area contributed by atoms with Gasteiger partial charge in [0.25, 0.3) is 0 Å². The van der Waals surface area contributed by atoms with Gasteiger partial charge in [-0.25, -0.2) is 0 Å². The first kappa shape index (κ1) is 18.1. The number of ether oxygens (including phenoxy) is 2. The Morgan fingerprint density at radius 2 is 1.84 bits per heavy atom. The maximum absolute atomic E-state index is 9.64. The summed E-state index contributed by atoms with van der Waals surface area (Å²) in [5.41, 5.74) is 6.31. The van der Waals surface area contributed by atoms with Gasteiger partial charge in [-0.1, -0.05) is 0 Å². The van der Waals surface area contributed by atoms with Gasteiger partial charge in [0.2, 0.25) is 0 Å². The molecule has 3 nitrogen and oxygen atoms in total. The number of allylic oxidation sites excluding steroid dienone is 1. The number of methoxy groups -OCH3 is 2. The topological polar surface area (TPSA) is 38.7 Å². The molecule has 3 rings (SSSR count). The third kappa shape index (κ3) is 3.36. The van der Waals surface area contributed by atoms with Gasteiger partial charge >= 0.3 is 158 Å². The summed E-state index contributed by atoms with van der Waals surface area (Å²) in [7, 11) is 3.37. The van der Waals surface area contributed by atoms with E-state index in [1.54, 1.807) is 14.2 Å². The van der Waals surface area contributed by atoms with E-state index in [0.29, 0.717) is 6.42 Å². The summed E-state index contributed by atoms with van der Waals surface area (Å²) < 4.78 is 11.2. The van der Waals surface area contributed by atoms with Crippen LogP contribution in [0.4, 0.5) is 0 Å². The van der Waals surface area contributed by atoms with Crippen molar-refractivity contribution in [2.75, 3.05) is 20.8 Å². The summed E-state index contributed by atoms with van der Waals surface area (Å²) in [4.78, 5) is 0. The Bertz CT molecular complexity index is 768. The van der Waals surface area contributed by atoms with E-state index in [9.17, 15) is 5.11 Å². The van der Waals surface area contributed by atoms with E-state index in [1.807, 2.05) is 12.1 Å². The zero-order valence-corrected chi connectivity index (χ0v) is 16.5. The molecule has 25 heavy (non-hydrogen) atoms. The van der Waals surface area contributed by atoms with E-state index in [1.165, 1.54) is 27.8 Å². The van der Waals surface area contributed by atoms with Crippen LogP contribution in [0.3, 0.4) is 0 Å². The summed E-state index contributed by atoms with van der Waals surface area (Å²) in [5, 5.41) is 10.5. The van der Waals surface area contributed by atoms with Crippen molar-refractivity contribution in [1.82, 2.24) is 0 Å². The minimum absolute atomic E-state index is 0.164. The van der Waals surface area contributed by atoms with Crippen molar-refractivity contribution in [3.8, 4) is 11.5 Å². The molecule has 1 atom stereocenters. The molecule has 2 radical (unpaired) electrons. The molecule has 2 aromatic carbocycles. The molecule has 1 unspecified atom stereocenters. The van der Waals surface area contributed by atoms with E-state index in [2.05, 4.69) is 47.2 Å². The number of fused-ring (bicyclic) bond motifs is 1. The van der Waals surface area contributed by atoms with Crippen molar-refractivity contribution in [2.24, 2.45) is 0 Å². The normalized spacial score (nSPS) is 16.6. The molecule has 0 saturated carbocycles. The van der Waals surface area contributed by atoms with Crippen molar-refractivity contribution in [3.63, 3.8) is 0 Å². The number of aliphatic hydroxyl groups is 1. The van der Waals surface area contributed by atoms with Gasteiger partial charge in [0.15, 0.2) is 0 Å². The molecule has 1 N–H and O–H groups in total. The predicted molar refractivity (Wildman–Crippen MR) is 102 cm³/mol. The molecular formula is C21H23AsO3. The van der Waals surface area contributed by atoms with Gasteiger partial charge in [-0.2, -0.15) is 0 Å². The van der Waals surface area contributed by atoms with Crippen LogP contribution < -0.4 is 9.47 Å². The van der Waals surface area contributed by atoms with Crippen molar-refractivity contribution in [2.45, 2.75) is 24.0 Å². The Labute approximate surface area is 158 Å². The molecule has 130 valence electrons. The molecule has 0 fully saturated rings. The van der Waals surface area contributed by atoms with E-state index >= 15 is 0 Å². The standard InChI is InChI=1S/C21H23AsO3/c1-24-20-9-8-15-18(21(20)25-2)12-17(14-6-4-3-5-7-14)16(10-11-23)19(15)13-22/h3-9,17,23H,10-13H2,1-2H3. The van der Waals surface area contributed by atoms with Crippen LogP contribution in [-0.4, -0.2) is 42.8 Å². The second kappa shape index (κ2) is 8.12. The Hall–Kier alpha value is -1.70. The monoisotopic (exact) mass is 398 g/mol. The first-order valence-corrected chi connectivity index (χ1v) is 9.80. The van der Waals surface area contributed by atoms with Gasteiger partial charge < -0.3 is 0 Å². The molecule has 2 aromatic rings. The Balaban J connectivity index is 2.22. The summed E-state index contributed by atoms with van der Waals surface area (Å²) >= 11 is 2.67. The van der Waals surface area contributed by atoms with Crippen LogP contribution in [0, 0.1) is 0 Å². The Morgan fingerprint density at radius 1 is 1.08 bits per heavy atom. The molecule has 0 saturated heterocycles. The minimum atomic E-state index is 0.164.